The minimum atomic E-state index is -0.974. The van der Waals surface area contributed by atoms with Gasteiger partial charge in [-0.15, -0.1) is 0 Å². The highest BCUT2D eigenvalue weighted by Crippen LogP contribution is 2.31. The van der Waals surface area contributed by atoms with Gasteiger partial charge in [0.25, 0.3) is 0 Å². The zero-order valence-corrected chi connectivity index (χ0v) is 11.0. The molecule has 1 aromatic carbocycles. The molecule has 1 aliphatic carbocycles. The van der Waals surface area contributed by atoms with E-state index in [0.717, 1.165) is 25.7 Å². The number of carboxylic acids is 1. The van der Waals surface area contributed by atoms with E-state index in [2.05, 4.69) is 0 Å². The average molecular weight is 265 g/mol. The van der Waals surface area contributed by atoms with Crippen LogP contribution in [0.1, 0.15) is 36.0 Å². The molecule has 1 fully saturated rings. The molecule has 5 heteroatoms. The van der Waals surface area contributed by atoms with Crippen molar-refractivity contribution in [1.82, 2.24) is 0 Å². The van der Waals surface area contributed by atoms with E-state index in [4.69, 9.17) is 20.3 Å². The Hall–Kier alpha value is -1.75. The van der Waals surface area contributed by atoms with Crippen molar-refractivity contribution in [3.05, 3.63) is 23.8 Å². The first-order valence-electron chi connectivity index (χ1n) is 6.43. The molecule has 0 aliphatic heterocycles. The SMILES string of the molecule is COc1ccc(C(=O)O)cc1OC1CCC(N)CC1. The molecule has 0 heterocycles. The highest BCUT2D eigenvalue weighted by molar-refractivity contribution is 5.88. The maximum atomic E-state index is 11.0. The Morgan fingerprint density at radius 1 is 1.26 bits per heavy atom. The molecule has 0 unspecified atom stereocenters. The zero-order valence-electron chi connectivity index (χ0n) is 11.0. The molecule has 19 heavy (non-hydrogen) atoms. The summed E-state index contributed by atoms with van der Waals surface area (Å²) in [5, 5.41) is 9.00. The summed E-state index contributed by atoms with van der Waals surface area (Å²) in [7, 11) is 1.54. The van der Waals surface area contributed by atoms with Crippen LogP contribution in [0.25, 0.3) is 0 Å². The van der Waals surface area contributed by atoms with Crippen LogP contribution in [0.3, 0.4) is 0 Å². The predicted octanol–water partition coefficient (Wildman–Crippen LogP) is 2.04. The number of carboxylic acid groups (broad SMARTS) is 1. The van der Waals surface area contributed by atoms with Gasteiger partial charge in [-0.2, -0.15) is 0 Å². The average Bonchev–Trinajstić information content (AvgIpc) is 2.41. The monoisotopic (exact) mass is 265 g/mol. The molecule has 0 amide bonds. The molecule has 1 aliphatic rings. The van der Waals surface area contributed by atoms with E-state index in [0.29, 0.717) is 11.5 Å². The van der Waals surface area contributed by atoms with Crippen molar-refractivity contribution in [2.45, 2.75) is 37.8 Å². The number of rotatable bonds is 4. The summed E-state index contributed by atoms with van der Waals surface area (Å²) < 4.78 is 11.1. The van der Waals surface area contributed by atoms with E-state index in [1.54, 1.807) is 13.2 Å². The molecule has 1 saturated carbocycles. The maximum absolute atomic E-state index is 11.0. The van der Waals surface area contributed by atoms with Gasteiger partial charge in [0.1, 0.15) is 0 Å². The second kappa shape index (κ2) is 5.93. The van der Waals surface area contributed by atoms with Gasteiger partial charge in [0, 0.05) is 6.04 Å². The van der Waals surface area contributed by atoms with Crippen LogP contribution in [0.4, 0.5) is 0 Å². The highest BCUT2D eigenvalue weighted by Gasteiger charge is 2.21. The Balaban J connectivity index is 2.13. The molecule has 0 bridgehead atoms. The first kappa shape index (κ1) is 13.7. The van der Waals surface area contributed by atoms with Gasteiger partial charge < -0.3 is 20.3 Å². The fourth-order valence-electron chi connectivity index (χ4n) is 2.29. The van der Waals surface area contributed by atoms with Crippen molar-refractivity contribution >= 4 is 5.97 Å². The molecule has 0 spiro atoms. The standard InChI is InChI=1S/C14H19NO4/c1-18-12-7-2-9(14(16)17)8-13(12)19-11-5-3-10(15)4-6-11/h2,7-8,10-11H,3-6,15H2,1H3,(H,16,17). The smallest absolute Gasteiger partial charge is 0.335 e. The van der Waals surface area contributed by atoms with Crippen LogP contribution < -0.4 is 15.2 Å². The minimum absolute atomic E-state index is 0.0812. The summed E-state index contributed by atoms with van der Waals surface area (Å²) in [6.45, 7) is 0. The summed E-state index contributed by atoms with van der Waals surface area (Å²) in [5.41, 5.74) is 6.05. The van der Waals surface area contributed by atoms with Crippen LogP contribution in [0.2, 0.25) is 0 Å². The number of ether oxygens (including phenoxy) is 2. The van der Waals surface area contributed by atoms with Crippen LogP contribution in [0.5, 0.6) is 11.5 Å². The molecular formula is C14H19NO4. The Kier molecular flexibility index (Phi) is 4.27. The normalized spacial score (nSPS) is 22.8. The van der Waals surface area contributed by atoms with Crippen molar-refractivity contribution < 1.29 is 19.4 Å². The fraction of sp³-hybridized carbons (Fsp3) is 0.500. The number of nitrogens with two attached hydrogens (primary N) is 1. The second-order valence-electron chi connectivity index (χ2n) is 4.83. The summed E-state index contributed by atoms with van der Waals surface area (Å²) >= 11 is 0. The van der Waals surface area contributed by atoms with Crippen molar-refractivity contribution in [3.8, 4) is 11.5 Å². The Labute approximate surface area is 112 Å². The highest BCUT2D eigenvalue weighted by atomic mass is 16.5. The van der Waals surface area contributed by atoms with Gasteiger partial charge in [-0.25, -0.2) is 4.79 Å². The van der Waals surface area contributed by atoms with Crippen LogP contribution >= 0.6 is 0 Å². The Bertz CT molecular complexity index is 453. The maximum Gasteiger partial charge on any atom is 0.335 e. The van der Waals surface area contributed by atoms with Crippen LogP contribution in [-0.2, 0) is 0 Å². The lowest BCUT2D eigenvalue weighted by Gasteiger charge is -2.27. The Morgan fingerprint density at radius 3 is 2.53 bits per heavy atom. The molecule has 3 N–H and O–H groups in total. The zero-order chi connectivity index (χ0) is 13.8. The van der Waals surface area contributed by atoms with E-state index in [1.807, 2.05) is 0 Å². The topological polar surface area (TPSA) is 81.8 Å². The fourth-order valence-corrected chi connectivity index (χ4v) is 2.29. The molecule has 0 radical (unpaired) electrons. The molecule has 0 aromatic heterocycles. The molecule has 104 valence electrons. The van der Waals surface area contributed by atoms with E-state index in [1.165, 1.54) is 12.1 Å². The first-order chi connectivity index (χ1) is 9.10. The third-order valence-corrected chi connectivity index (χ3v) is 3.42. The predicted molar refractivity (Wildman–Crippen MR) is 70.8 cm³/mol. The lowest BCUT2D eigenvalue weighted by atomic mass is 9.94. The molecule has 5 nitrogen and oxygen atoms in total. The summed E-state index contributed by atoms with van der Waals surface area (Å²) in [6, 6.07) is 4.89. The lowest BCUT2D eigenvalue weighted by Crippen LogP contribution is -2.31. The third kappa shape index (κ3) is 3.38. The number of hydrogen-bond donors (Lipinski definition) is 2. The minimum Gasteiger partial charge on any atom is -0.493 e. The van der Waals surface area contributed by atoms with Gasteiger partial charge in [0.05, 0.1) is 18.8 Å². The van der Waals surface area contributed by atoms with Crippen LogP contribution in [0.15, 0.2) is 18.2 Å². The lowest BCUT2D eigenvalue weighted by molar-refractivity contribution is 0.0695. The van der Waals surface area contributed by atoms with E-state index in [9.17, 15) is 4.79 Å². The number of carbonyl (C=O) groups is 1. The van der Waals surface area contributed by atoms with Crippen molar-refractivity contribution in [2.24, 2.45) is 5.73 Å². The number of benzene rings is 1. The number of aromatic carboxylic acids is 1. The van der Waals surface area contributed by atoms with E-state index >= 15 is 0 Å². The second-order valence-corrected chi connectivity index (χ2v) is 4.83. The van der Waals surface area contributed by atoms with E-state index < -0.39 is 5.97 Å². The van der Waals surface area contributed by atoms with Crippen LogP contribution in [0, 0.1) is 0 Å². The van der Waals surface area contributed by atoms with E-state index in [-0.39, 0.29) is 17.7 Å². The molecule has 0 atom stereocenters. The van der Waals surface area contributed by atoms with Crippen molar-refractivity contribution in [3.63, 3.8) is 0 Å². The van der Waals surface area contributed by atoms with Gasteiger partial charge in [-0.1, -0.05) is 0 Å². The number of hydrogen-bond acceptors (Lipinski definition) is 4. The van der Waals surface area contributed by atoms with Crippen LogP contribution in [-0.4, -0.2) is 30.3 Å². The van der Waals surface area contributed by atoms with Gasteiger partial charge in [-0.3, -0.25) is 0 Å². The summed E-state index contributed by atoms with van der Waals surface area (Å²) in [4.78, 5) is 11.0. The quantitative estimate of drug-likeness (QED) is 0.870. The van der Waals surface area contributed by atoms with Crippen molar-refractivity contribution in [1.29, 1.82) is 0 Å². The van der Waals surface area contributed by atoms with Gasteiger partial charge in [0.15, 0.2) is 11.5 Å². The molecule has 1 aromatic rings. The Morgan fingerprint density at radius 2 is 1.95 bits per heavy atom. The molecular weight excluding hydrogens is 246 g/mol. The summed E-state index contributed by atoms with van der Waals surface area (Å²) in [5.74, 6) is 0.0703. The number of methoxy groups -OCH3 is 1. The van der Waals surface area contributed by atoms with Crippen molar-refractivity contribution in [2.75, 3.05) is 7.11 Å². The molecule has 2 rings (SSSR count). The van der Waals surface area contributed by atoms with Gasteiger partial charge in [0.2, 0.25) is 0 Å². The first-order valence-corrected chi connectivity index (χ1v) is 6.43. The third-order valence-electron chi connectivity index (χ3n) is 3.42. The summed E-state index contributed by atoms with van der Waals surface area (Å²) in [6.07, 6.45) is 3.73. The van der Waals surface area contributed by atoms with Gasteiger partial charge in [-0.05, 0) is 43.9 Å². The molecule has 0 saturated heterocycles. The van der Waals surface area contributed by atoms with Gasteiger partial charge >= 0.3 is 5.97 Å². The largest absolute Gasteiger partial charge is 0.493 e.